The van der Waals surface area contributed by atoms with E-state index in [1.54, 1.807) is 0 Å². The van der Waals surface area contributed by atoms with Crippen molar-refractivity contribution in [1.82, 2.24) is 4.90 Å². The first kappa shape index (κ1) is 15.5. The van der Waals surface area contributed by atoms with E-state index in [-0.39, 0.29) is 6.04 Å². The van der Waals surface area contributed by atoms with Crippen molar-refractivity contribution in [3.63, 3.8) is 0 Å². The van der Waals surface area contributed by atoms with Gasteiger partial charge in [-0.05, 0) is 42.7 Å². The Hall–Kier alpha value is -0.860. The Morgan fingerprint density at radius 3 is 2.20 bits per heavy atom. The monoisotopic (exact) mass is 275 g/mol. The molecule has 0 bridgehead atoms. The molecule has 0 aromatic heterocycles. The number of hydrogen-bond donors (Lipinski definition) is 1. The number of nitrogens with zero attached hydrogens (tertiary/aromatic N) is 1. The summed E-state index contributed by atoms with van der Waals surface area (Å²) >= 11 is 0. The second-order valence-corrected chi connectivity index (χ2v) is 6.68. The second kappa shape index (κ2) is 6.73. The normalized spacial score (nSPS) is 27.2. The van der Waals surface area contributed by atoms with Crippen molar-refractivity contribution >= 4 is 0 Å². The third-order valence-corrected chi connectivity index (χ3v) is 4.66. The molecular weight excluding hydrogens is 246 g/mol. The van der Waals surface area contributed by atoms with Gasteiger partial charge in [0.15, 0.2) is 0 Å². The Kier molecular flexibility index (Phi) is 5.22. The van der Waals surface area contributed by atoms with Gasteiger partial charge in [-0.1, -0.05) is 45.0 Å². The highest BCUT2D eigenvalue weighted by Crippen LogP contribution is 2.28. The molecule has 1 N–H and O–H groups in total. The van der Waals surface area contributed by atoms with Crippen molar-refractivity contribution in [2.75, 3.05) is 13.1 Å². The summed E-state index contributed by atoms with van der Waals surface area (Å²) in [6.45, 7) is 11.2. The molecule has 112 valence electrons. The number of hydrogen-bond acceptors (Lipinski definition) is 2. The van der Waals surface area contributed by atoms with E-state index >= 15 is 0 Å². The zero-order valence-electron chi connectivity index (χ0n) is 13.3. The number of aliphatic hydroxyl groups is 1. The van der Waals surface area contributed by atoms with E-state index in [1.807, 2.05) is 0 Å². The molecule has 4 atom stereocenters. The zero-order valence-corrected chi connectivity index (χ0v) is 13.3. The molecule has 0 spiro atoms. The van der Waals surface area contributed by atoms with Crippen LogP contribution in [-0.2, 0) is 6.42 Å². The molecule has 0 saturated carbocycles. The third-order valence-electron chi connectivity index (χ3n) is 4.66. The molecular formula is C18H29NO. The van der Waals surface area contributed by atoms with Gasteiger partial charge in [0.05, 0.1) is 6.10 Å². The summed E-state index contributed by atoms with van der Waals surface area (Å²) in [6.07, 6.45) is 1.97. The van der Waals surface area contributed by atoms with Crippen molar-refractivity contribution in [3.8, 4) is 0 Å². The maximum atomic E-state index is 10.6. The average Bonchev–Trinajstić information content (AvgIpc) is 2.45. The predicted octanol–water partition coefficient (Wildman–Crippen LogP) is 3.65. The molecule has 1 aromatic carbocycles. The smallest absolute Gasteiger partial charge is 0.0942 e. The molecule has 2 rings (SSSR count). The summed E-state index contributed by atoms with van der Waals surface area (Å²) in [5.74, 6) is 1.46. The fourth-order valence-electron chi connectivity index (χ4n) is 3.47. The topological polar surface area (TPSA) is 23.5 Å². The molecule has 0 aliphatic carbocycles. The first-order chi connectivity index (χ1) is 9.51. The number of benzene rings is 1. The standard InChI is InChI=1S/C18H29NO/c1-5-16-6-8-17(9-7-16)18(20)15(4)19-11-13(2)10-14(3)12-19/h6-9,13-15,18,20H,5,10-12H2,1-4H3. The van der Waals surface area contributed by atoms with Crippen molar-refractivity contribution in [2.24, 2.45) is 11.8 Å². The summed E-state index contributed by atoms with van der Waals surface area (Å²) in [5.41, 5.74) is 2.37. The number of aliphatic hydroxyl groups excluding tert-OH is 1. The molecule has 4 unspecified atom stereocenters. The minimum Gasteiger partial charge on any atom is -0.387 e. The Labute approximate surface area is 123 Å². The molecule has 2 nitrogen and oxygen atoms in total. The highest BCUT2D eigenvalue weighted by Gasteiger charge is 2.29. The van der Waals surface area contributed by atoms with Crippen molar-refractivity contribution in [2.45, 2.75) is 52.7 Å². The van der Waals surface area contributed by atoms with Gasteiger partial charge in [0.2, 0.25) is 0 Å². The van der Waals surface area contributed by atoms with Crippen LogP contribution in [0.5, 0.6) is 0 Å². The van der Waals surface area contributed by atoms with Crippen LogP contribution in [0.15, 0.2) is 24.3 Å². The highest BCUT2D eigenvalue weighted by atomic mass is 16.3. The molecule has 1 aromatic rings. The van der Waals surface area contributed by atoms with E-state index in [2.05, 4.69) is 56.9 Å². The summed E-state index contributed by atoms with van der Waals surface area (Å²) < 4.78 is 0. The summed E-state index contributed by atoms with van der Waals surface area (Å²) in [7, 11) is 0. The highest BCUT2D eigenvalue weighted by molar-refractivity contribution is 5.25. The molecule has 2 heteroatoms. The Morgan fingerprint density at radius 1 is 1.15 bits per heavy atom. The van der Waals surface area contributed by atoms with Crippen LogP contribution in [0, 0.1) is 11.8 Å². The number of likely N-dealkylation sites (tertiary alicyclic amines) is 1. The summed E-state index contributed by atoms with van der Waals surface area (Å²) in [4.78, 5) is 2.46. The molecule has 0 radical (unpaired) electrons. The van der Waals surface area contributed by atoms with Crippen LogP contribution in [0.4, 0.5) is 0 Å². The lowest BCUT2D eigenvalue weighted by Gasteiger charge is -2.40. The summed E-state index contributed by atoms with van der Waals surface area (Å²) in [6, 6.07) is 8.61. The van der Waals surface area contributed by atoms with Gasteiger partial charge >= 0.3 is 0 Å². The van der Waals surface area contributed by atoms with Crippen molar-refractivity contribution in [1.29, 1.82) is 0 Å². The van der Waals surface area contributed by atoms with E-state index in [4.69, 9.17) is 0 Å². The Morgan fingerprint density at radius 2 is 1.70 bits per heavy atom. The lowest BCUT2D eigenvalue weighted by molar-refractivity contribution is 0.0208. The average molecular weight is 275 g/mol. The SMILES string of the molecule is CCc1ccc(C(O)C(C)N2CC(C)CC(C)C2)cc1. The van der Waals surface area contributed by atoms with Gasteiger partial charge in [-0.2, -0.15) is 0 Å². The van der Waals surface area contributed by atoms with Gasteiger partial charge in [0, 0.05) is 19.1 Å². The van der Waals surface area contributed by atoms with E-state index < -0.39 is 6.10 Å². The van der Waals surface area contributed by atoms with Crippen LogP contribution in [0.3, 0.4) is 0 Å². The zero-order chi connectivity index (χ0) is 14.7. The van der Waals surface area contributed by atoms with Gasteiger partial charge < -0.3 is 5.11 Å². The van der Waals surface area contributed by atoms with Gasteiger partial charge in [-0.3, -0.25) is 4.90 Å². The van der Waals surface area contributed by atoms with Gasteiger partial charge in [-0.25, -0.2) is 0 Å². The van der Waals surface area contributed by atoms with Crippen LogP contribution >= 0.6 is 0 Å². The number of rotatable bonds is 4. The molecule has 1 aliphatic heterocycles. The molecule has 1 fully saturated rings. The molecule has 1 aliphatic rings. The lowest BCUT2D eigenvalue weighted by atomic mass is 9.89. The summed E-state index contributed by atoms with van der Waals surface area (Å²) in [5, 5.41) is 10.6. The minimum absolute atomic E-state index is 0.188. The predicted molar refractivity (Wildman–Crippen MR) is 84.8 cm³/mol. The number of piperidine rings is 1. The minimum atomic E-state index is -0.390. The van der Waals surface area contributed by atoms with E-state index in [0.717, 1.165) is 36.9 Å². The lowest BCUT2D eigenvalue weighted by Crippen LogP contribution is -2.46. The molecule has 20 heavy (non-hydrogen) atoms. The van der Waals surface area contributed by atoms with Crippen LogP contribution in [-0.4, -0.2) is 29.1 Å². The first-order valence-corrected chi connectivity index (χ1v) is 8.02. The largest absolute Gasteiger partial charge is 0.387 e. The maximum absolute atomic E-state index is 10.6. The number of aryl methyl sites for hydroxylation is 1. The third kappa shape index (κ3) is 3.62. The van der Waals surface area contributed by atoms with Gasteiger partial charge in [0.1, 0.15) is 0 Å². The van der Waals surface area contributed by atoms with E-state index in [9.17, 15) is 5.11 Å². The quantitative estimate of drug-likeness (QED) is 0.906. The van der Waals surface area contributed by atoms with E-state index in [0.29, 0.717) is 0 Å². The fourth-order valence-corrected chi connectivity index (χ4v) is 3.47. The second-order valence-electron chi connectivity index (χ2n) is 6.68. The van der Waals surface area contributed by atoms with Gasteiger partial charge in [-0.15, -0.1) is 0 Å². The van der Waals surface area contributed by atoms with Crippen LogP contribution in [0.1, 0.15) is 51.3 Å². The van der Waals surface area contributed by atoms with Crippen molar-refractivity contribution < 1.29 is 5.11 Å². The Bertz CT molecular complexity index is 404. The first-order valence-electron chi connectivity index (χ1n) is 8.02. The van der Waals surface area contributed by atoms with Crippen LogP contribution in [0.25, 0.3) is 0 Å². The fraction of sp³-hybridized carbons (Fsp3) is 0.667. The van der Waals surface area contributed by atoms with Crippen LogP contribution in [0.2, 0.25) is 0 Å². The molecule has 1 saturated heterocycles. The maximum Gasteiger partial charge on any atom is 0.0942 e. The molecule has 1 heterocycles. The molecule has 0 amide bonds. The van der Waals surface area contributed by atoms with Gasteiger partial charge in [0.25, 0.3) is 0 Å². The van der Waals surface area contributed by atoms with Crippen LogP contribution < -0.4 is 0 Å². The van der Waals surface area contributed by atoms with Crippen molar-refractivity contribution in [3.05, 3.63) is 35.4 Å². The van der Waals surface area contributed by atoms with E-state index in [1.165, 1.54) is 12.0 Å². The Balaban J connectivity index is 2.04.